The third-order valence-electron chi connectivity index (χ3n) is 2.54. The summed E-state index contributed by atoms with van der Waals surface area (Å²) in [5.74, 6) is 1.25. The molecule has 0 amide bonds. The van der Waals surface area contributed by atoms with Gasteiger partial charge in [-0.25, -0.2) is 0 Å². The van der Waals surface area contributed by atoms with Gasteiger partial charge in [-0.15, -0.1) is 10.2 Å². The smallest absolute Gasteiger partial charge is 0.233 e. The number of hydrogen-bond donors (Lipinski definition) is 1. The Balaban J connectivity index is 2.11. The minimum absolute atomic E-state index is 0.143. The number of hydrogen-bond acceptors (Lipinski definition) is 8. The van der Waals surface area contributed by atoms with Gasteiger partial charge in [0.15, 0.2) is 0 Å². The van der Waals surface area contributed by atoms with Crippen LogP contribution in [-0.4, -0.2) is 47.2 Å². The summed E-state index contributed by atoms with van der Waals surface area (Å²) >= 11 is 0. The molecule has 1 unspecified atom stereocenters. The van der Waals surface area contributed by atoms with Crippen LogP contribution in [0, 0.1) is 0 Å². The molecule has 0 aliphatic carbocycles. The predicted molar refractivity (Wildman–Crippen MR) is 65.4 cm³/mol. The van der Waals surface area contributed by atoms with Crippen LogP contribution in [0.15, 0.2) is 16.7 Å². The number of nitrogens with zero attached hydrogens (tertiary/aromatic N) is 4. The van der Waals surface area contributed by atoms with Crippen molar-refractivity contribution in [2.75, 3.05) is 20.8 Å². The van der Waals surface area contributed by atoms with E-state index >= 15 is 0 Å². The average Bonchev–Trinajstić information content (AvgIpc) is 2.93. The van der Waals surface area contributed by atoms with Crippen molar-refractivity contribution in [3.63, 3.8) is 0 Å². The van der Waals surface area contributed by atoms with Crippen molar-refractivity contribution < 1.29 is 14.0 Å². The van der Waals surface area contributed by atoms with Gasteiger partial charge in [-0.2, -0.15) is 4.98 Å². The topological polar surface area (TPSA) is 109 Å². The lowest BCUT2D eigenvalue weighted by Crippen LogP contribution is -2.24. The molecule has 2 rings (SSSR count). The van der Waals surface area contributed by atoms with Crippen LogP contribution < -0.4 is 10.5 Å². The molecular formula is C11H15N5O3. The molecule has 0 saturated carbocycles. The highest BCUT2D eigenvalue weighted by Crippen LogP contribution is 2.15. The minimum atomic E-state index is -0.143. The van der Waals surface area contributed by atoms with Crippen LogP contribution in [0.4, 0.5) is 0 Å². The molecule has 0 bridgehead atoms. The van der Waals surface area contributed by atoms with Crippen molar-refractivity contribution >= 4 is 0 Å². The van der Waals surface area contributed by atoms with E-state index in [-0.39, 0.29) is 6.10 Å². The van der Waals surface area contributed by atoms with Gasteiger partial charge in [0.2, 0.25) is 17.6 Å². The largest absolute Gasteiger partial charge is 0.480 e. The van der Waals surface area contributed by atoms with Gasteiger partial charge < -0.3 is 19.7 Å². The van der Waals surface area contributed by atoms with E-state index in [0.29, 0.717) is 36.3 Å². The Bertz CT molecular complexity index is 509. The van der Waals surface area contributed by atoms with E-state index in [0.717, 1.165) is 0 Å². The lowest BCUT2D eigenvalue weighted by Gasteiger charge is -2.08. The molecule has 2 aromatic heterocycles. The molecule has 1 atom stereocenters. The molecule has 2 heterocycles. The Morgan fingerprint density at radius 1 is 1.32 bits per heavy atom. The minimum Gasteiger partial charge on any atom is -0.480 e. The fourth-order valence-electron chi connectivity index (χ4n) is 1.45. The summed E-state index contributed by atoms with van der Waals surface area (Å²) in [6.07, 6.45) is 0.319. The highest BCUT2D eigenvalue weighted by Gasteiger charge is 2.14. The maximum absolute atomic E-state index is 5.53. The van der Waals surface area contributed by atoms with Gasteiger partial charge in [0.25, 0.3) is 0 Å². The van der Waals surface area contributed by atoms with Gasteiger partial charge in [-0.1, -0.05) is 5.16 Å². The Morgan fingerprint density at radius 3 is 2.74 bits per heavy atom. The molecule has 8 heteroatoms. The van der Waals surface area contributed by atoms with Crippen LogP contribution in [0.25, 0.3) is 11.5 Å². The zero-order chi connectivity index (χ0) is 13.7. The molecular weight excluding hydrogens is 250 g/mol. The Labute approximate surface area is 109 Å². The summed E-state index contributed by atoms with van der Waals surface area (Å²) in [5.41, 5.74) is 6.04. The van der Waals surface area contributed by atoms with Crippen molar-refractivity contribution in [3.8, 4) is 17.4 Å². The molecule has 19 heavy (non-hydrogen) atoms. The normalized spacial score (nSPS) is 12.4. The Hall–Kier alpha value is -2.06. The molecule has 0 aromatic carbocycles. The number of nitrogens with two attached hydrogens (primary N) is 1. The molecule has 0 radical (unpaired) electrons. The van der Waals surface area contributed by atoms with Crippen LogP contribution in [-0.2, 0) is 11.2 Å². The van der Waals surface area contributed by atoms with E-state index in [2.05, 4.69) is 20.3 Å². The van der Waals surface area contributed by atoms with Crippen LogP contribution in [0.3, 0.4) is 0 Å². The van der Waals surface area contributed by atoms with Gasteiger partial charge in [-0.3, -0.25) is 0 Å². The molecule has 0 saturated heterocycles. The third kappa shape index (κ3) is 3.24. The van der Waals surface area contributed by atoms with Gasteiger partial charge in [0.05, 0.1) is 19.6 Å². The van der Waals surface area contributed by atoms with Crippen molar-refractivity contribution in [1.29, 1.82) is 0 Å². The monoisotopic (exact) mass is 265 g/mol. The summed E-state index contributed by atoms with van der Waals surface area (Å²) in [5, 5.41) is 11.6. The van der Waals surface area contributed by atoms with Gasteiger partial charge in [0, 0.05) is 19.7 Å². The molecule has 102 valence electrons. The maximum atomic E-state index is 5.53. The van der Waals surface area contributed by atoms with E-state index in [9.17, 15) is 0 Å². The lowest BCUT2D eigenvalue weighted by molar-refractivity contribution is 0.102. The van der Waals surface area contributed by atoms with Crippen LogP contribution >= 0.6 is 0 Å². The van der Waals surface area contributed by atoms with Crippen molar-refractivity contribution in [1.82, 2.24) is 20.3 Å². The standard InChI is InChI=1S/C11H15N5O3/c1-17-7(6-12)5-10-13-11(16-19-10)8-3-4-9(18-2)15-14-8/h3-4,7H,5-6,12H2,1-2H3. The van der Waals surface area contributed by atoms with Crippen LogP contribution in [0.1, 0.15) is 5.89 Å². The SMILES string of the molecule is COc1ccc(-c2noc(CC(CN)OC)n2)nn1. The summed E-state index contributed by atoms with van der Waals surface area (Å²) < 4.78 is 15.2. The predicted octanol–water partition coefficient (Wildman–Crippen LogP) is 0.0514. The highest BCUT2D eigenvalue weighted by molar-refractivity contribution is 5.47. The quantitative estimate of drug-likeness (QED) is 0.780. The van der Waals surface area contributed by atoms with Gasteiger partial charge in [-0.05, 0) is 6.07 Å². The first-order valence-electron chi connectivity index (χ1n) is 5.70. The van der Waals surface area contributed by atoms with E-state index in [4.69, 9.17) is 19.7 Å². The van der Waals surface area contributed by atoms with Gasteiger partial charge in [0.1, 0.15) is 5.69 Å². The van der Waals surface area contributed by atoms with Crippen molar-refractivity contribution in [2.24, 2.45) is 5.73 Å². The molecule has 0 aliphatic rings. The van der Waals surface area contributed by atoms with Crippen LogP contribution in [0.2, 0.25) is 0 Å². The second kappa shape index (κ2) is 6.21. The lowest BCUT2D eigenvalue weighted by atomic mass is 10.2. The molecule has 0 spiro atoms. The van der Waals surface area contributed by atoms with E-state index in [1.54, 1.807) is 19.2 Å². The summed E-state index contributed by atoms with van der Waals surface area (Å²) in [6, 6.07) is 3.38. The molecule has 0 fully saturated rings. The maximum Gasteiger partial charge on any atom is 0.233 e. The first-order valence-corrected chi connectivity index (χ1v) is 5.70. The number of ether oxygens (including phenoxy) is 2. The second-order valence-corrected chi connectivity index (χ2v) is 3.77. The molecule has 0 aliphatic heterocycles. The fraction of sp³-hybridized carbons (Fsp3) is 0.455. The highest BCUT2D eigenvalue weighted by atomic mass is 16.5. The summed E-state index contributed by atoms with van der Waals surface area (Å²) in [4.78, 5) is 4.22. The summed E-state index contributed by atoms with van der Waals surface area (Å²) in [6.45, 7) is 0.385. The van der Waals surface area contributed by atoms with E-state index < -0.39 is 0 Å². The first-order chi connectivity index (χ1) is 9.26. The van der Waals surface area contributed by atoms with E-state index in [1.165, 1.54) is 7.11 Å². The zero-order valence-corrected chi connectivity index (χ0v) is 10.7. The van der Waals surface area contributed by atoms with Crippen LogP contribution in [0.5, 0.6) is 5.88 Å². The van der Waals surface area contributed by atoms with E-state index in [1.807, 2.05) is 0 Å². The number of aromatic nitrogens is 4. The number of rotatable bonds is 6. The molecule has 2 aromatic rings. The zero-order valence-electron chi connectivity index (χ0n) is 10.7. The van der Waals surface area contributed by atoms with Crippen molar-refractivity contribution in [3.05, 3.63) is 18.0 Å². The average molecular weight is 265 g/mol. The first kappa shape index (κ1) is 13.4. The molecule has 8 nitrogen and oxygen atoms in total. The second-order valence-electron chi connectivity index (χ2n) is 3.77. The molecule has 2 N–H and O–H groups in total. The Kier molecular flexibility index (Phi) is 4.37. The Morgan fingerprint density at radius 2 is 2.16 bits per heavy atom. The summed E-state index contributed by atoms with van der Waals surface area (Å²) in [7, 11) is 3.11. The van der Waals surface area contributed by atoms with Gasteiger partial charge >= 0.3 is 0 Å². The van der Waals surface area contributed by atoms with Crippen molar-refractivity contribution in [2.45, 2.75) is 12.5 Å². The third-order valence-corrected chi connectivity index (χ3v) is 2.54. The fourth-order valence-corrected chi connectivity index (χ4v) is 1.45. The number of methoxy groups -OCH3 is 2.